The maximum atomic E-state index is 6.18. The Morgan fingerprint density at radius 3 is 3.00 bits per heavy atom. The van der Waals surface area contributed by atoms with E-state index < -0.39 is 0 Å². The molecule has 0 saturated carbocycles. The van der Waals surface area contributed by atoms with Gasteiger partial charge in [0.05, 0.1) is 22.6 Å². The van der Waals surface area contributed by atoms with Crippen LogP contribution in [0, 0.1) is 6.92 Å². The van der Waals surface area contributed by atoms with Crippen molar-refractivity contribution in [3.63, 3.8) is 0 Å². The van der Waals surface area contributed by atoms with Crippen molar-refractivity contribution in [3.8, 4) is 5.69 Å². The Morgan fingerprint density at radius 2 is 2.24 bits per heavy atom. The average Bonchev–Trinajstić information content (AvgIpc) is 2.77. The maximum absolute atomic E-state index is 6.18. The average molecular weight is 251 g/mol. The van der Waals surface area contributed by atoms with Gasteiger partial charge in [-0.2, -0.15) is 0 Å². The van der Waals surface area contributed by atoms with E-state index in [4.69, 9.17) is 11.6 Å². The largest absolute Gasteiger partial charge is 0.311 e. The third-order valence-corrected chi connectivity index (χ3v) is 2.83. The summed E-state index contributed by atoms with van der Waals surface area (Å²) in [6.07, 6.45) is 1.75. The van der Waals surface area contributed by atoms with Gasteiger partial charge in [-0.3, -0.25) is 0 Å². The molecule has 0 spiro atoms. The Kier molecular flexibility index (Phi) is 3.76. The molecule has 0 fully saturated rings. The minimum absolute atomic E-state index is 0.679. The summed E-state index contributed by atoms with van der Waals surface area (Å²) in [5.74, 6) is 0. The van der Waals surface area contributed by atoms with E-state index in [9.17, 15) is 0 Å². The topological polar surface area (TPSA) is 42.7 Å². The van der Waals surface area contributed by atoms with Crippen LogP contribution in [0.15, 0.2) is 24.4 Å². The minimum Gasteiger partial charge on any atom is -0.311 e. The van der Waals surface area contributed by atoms with Crippen molar-refractivity contribution < 1.29 is 0 Å². The molecule has 0 aliphatic heterocycles. The smallest absolute Gasteiger partial charge is 0.0856 e. The predicted octanol–water partition coefficient (Wildman–Crippen LogP) is 2.34. The lowest BCUT2D eigenvalue weighted by Gasteiger charge is -2.09. The van der Waals surface area contributed by atoms with Crippen LogP contribution in [0.3, 0.4) is 0 Å². The molecule has 2 rings (SSSR count). The molecule has 1 aromatic carbocycles. The lowest BCUT2D eigenvalue weighted by atomic mass is 10.2. The van der Waals surface area contributed by atoms with Gasteiger partial charge in [0.25, 0.3) is 0 Å². The molecule has 90 valence electrons. The summed E-state index contributed by atoms with van der Waals surface area (Å²) in [7, 11) is 0. The molecule has 1 heterocycles. The Balaban J connectivity index is 2.38. The van der Waals surface area contributed by atoms with Crippen molar-refractivity contribution in [3.05, 3.63) is 40.7 Å². The number of rotatable bonds is 4. The minimum atomic E-state index is 0.679. The fourth-order valence-corrected chi connectivity index (χ4v) is 1.82. The molecular formula is C12H15ClN4. The van der Waals surface area contributed by atoms with Gasteiger partial charge < -0.3 is 5.32 Å². The van der Waals surface area contributed by atoms with Crippen molar-refractivity contribution in [1.82, 2.24) is 20.3 Å². The van der Waals surface area contributed by atoms with Crippen molar-refractivity contribution in [1.29, 1.82) is 0 Å². The van der Waals surface area contributed by atoms with Gasteiger partial charge in [-0.25, -0.2) is 4.68 Å². The number of hydrogen-bond acceptors (Lipinski definition) is 3. The summed E-state index contributed by atoms with van der Waals surface area (Å²) in [6, 6.07) is 5.87. The van der Waals surface area contributed by atoms with Gasteiger partial charge in [-0.15, -0.1) is 5.10 Å². The number of nitrogens with zero attached hydrogens (tertiary/aromatic N) is 3. The van der Waals surface area contributed by atoms with E-state index in [1.807, 2.05) is 25.1 Å². The summed E-state index contributed by atoms with van der Waals surface area (Å²) >= 11 is 6.18. The molecule has 0 saturated heterocycles. The van der Waals surface area contributed by atoms with Gasteiger partial charge in [0.2, 0.25) is 0 Å². The van der Waals surface area contributed by atoms with Crippen LogP contribution >= 0.6 is 11.6 Å². The number of aromatic nitrogens is 3. The van der Waals surface area contributed by atoms with Crippen LogP contribution in [0.4, 0.5) is 0 Å². The van der Waals surface area contributed by atoms with Crippen molar-refractivity contribution in [2.45, 2.75) is 20.4 Å². The van der Waals surface area contributed by atoms with E-state index in [2.05, 4.69) is 22.6 Å². The first-order valence-corrected chi connectivity index (χ1v) is 5.97. The molecule has 0 aliphatic carbocycles. The van der Waals surface area contributed by atoms with Gasteiger partial charge in [0, 0.05) is 6.54 Å². The van der Waals surface area contributed by atoms with Gasteiger partial charge in [0.15, 0.2) is 0 Å². The van der Waals surface area contributed by atoms with Gasteiger partial charge >= 0.3 is 0 Å². The van der Waals surface area contributed by atoms with Crippen molar-refractivity contribution >= 4 is 11.6 Å². The molecule has 1 aromatic heterocycles. The van der Waals surface area contributed by atoms with Crippen LogP contribution < -0.4 is 5.32 Å². The summed E-state index contributed by atoms with van der Waals surface area (Å²) in [4.78, 5) is 0. The molecule has 4 nitrogen and oxygen atoms in total. The molecule has 17 heavy (non-hydrogen) atoms. The molecule has 0 unspecified atom stereocenters. The summed E-state index contributed by atoms with van der Waals surface area (Å²) < 4.78 is 1.78. The number of halogens is 1. The lowest BCUT2D eigenvalue weighted by molar-refractivity contribution is 0.672. The molecule has 5 heteroatoms. The van der Waals surface area contributed by atoms with Crippen LogP contribution in [0.2, 0.25) is 5.02 Å². The zero-order valence-electron chi connectivity index (χ0n) is 9.94. The normalized spacial score (nSPS) is 10.8. The highest BCUT2D eigenvalue weighted by Gasteiger charge is 2.09. The first-order valence-electron chi connectivity index (χ1n) is 5.59. The highest BCUT2D eigenvalue weighted by atomic mass is 35.5. The van der Waals surface area contributed by atoms with E-state index in [1.54, 1.807) is 10.9 Å². The molecule has 0 atom stereocenters. The van der Waals surface area contributed by atoms with Crippen LogP contribution in [0.25, 0.3) is 5.69 Å². The zero-order chi connectivity index (χ0) is 12.3. The molecule has 2 aromatic rings. The quantitative estimate of drug-likeness (QED) is 0.906. The molecule has 0 amide bonds. The number of benzene rings is 1. The molecule has 1 N–H and O–H groups in total. The second-order valence-corrected chi connectivity index (χ2v) is 4.28. The van der Waals surface area contributed by atoms with E-state index in [-0.39, 0.29) is 0 Å². The molecule has 0 aliphatic rings. The number of hydrogen-bond donors (Lipinski definition) is 1. The van der Waals surface area contributed by atoms with Crippen LogP contribution in [-0.4, -0.2) is 21.5 Å². The van der Waals surface area contributed by atoms with E-state index in [1.165, 1.54) is 0 Å². The fraction of sp³-hybridized carbons (Fsp3) is 0.333. The Morgan fingerprint density at radius 1 is 1.41 bits per heavy atom. The Labute approximate surface area is 106 Å². The first-order chi connectivity index (χ1) is 8.22. The van der Waals surface area contributed by atoms with Crippen molar-refractivity contribution in [2.75, 3.05) is 6.54 Å². The maximum Gasteiger partial charge on any atom is 0.0856 e. The summed E-state index contributed by atoms with van der Waals surface area (Å²) in [5, 5.41) is 12.0. The first kappa shape index (κ1) is 12.1. The predicted molar refractivity (Wildman–Crippen MR) is 68.5 cm³/mol. The van der Waals surface area contributed by atoms with Gasteiger partial charge in [0.1, 0.15) is 0 Å². The van der Waals surface area contributed by atoms with Crippen molar-refractivity contribution in [2.24, 2.45) is 0 Å². The highest BCUT2D eigenvalue weighted by molar-refractivity contribution is 6.32. The van der Waals surface area contributed by atoms with Gasteiger partial charge in [-0.05, 0) is 31.2 Å². The van der Waals surface area contributed by atoms with Crippen LogP contribution in [-0.2, 0) is 6.54 Å². The van der Waals surface area contributed by atoms with Crippen LogP contribution in [0.5, 0.6) is 0 Å². The van der Waals surface area contributed by atoms with E-state index in [0.29, 0.717) is 5.02 Å². The lowest BCUT2D eigenvalue weighted by Crippen LogP contribution is -2.15. The molecule has 0 bridgehead atoms. The number of aryl methyl sites for hydroxylation is 1. The fourth-order valence-electron chi connectivity index (χ4n) is 1.62. The Hall–Kier alpha value is -1.39. The third-order valence-electron chi connectivity index (χ3n) is 2.51. The molecular weight excluding hydrogens is 236 g/mol. The van der Waals surface area contributed by atoms with E-state index >= 15 is 0 Å². The van der Waals surface area contributed by atoms with Crippen LogP contribution in [0.1, 0.15) is 18.2 Å². The second kappa shape index (κ2) is 5.29. The SMILES string of the molecule is CCNCc1cnnn1-c1cc(C)ccc1Cl. The van der Waals surface area contributed by atoms with Gasteiger partial charge in [-0.1, -0.05) is 29.8 Å². The summed E-state index contributed by atoms with van der Waals surface area (Å²) in [5.41, 5.74) is 3.02. The highest BCUT2D eigenvalue weighted by Crippen LogP contribution is 2.21. The standard InChI is InChI=1S/C12H15ClN4/c1-3-14-7-10-8-15-16-17(10)12-6-9(2)4-5-11(12)13/h4-6,8,14H,3,7H2,1-2H3. The zero-order valence-corrected chi connectivity index (χ0v) is 10.7. The molecule has 0 radical (unpaired) electrons. The number of nitrogens with one attached hydrogen (secondary N) is 1. The van der Waals surface area contributed by atoms with E-state index in [0.717, 1.165) is 30.0 Å². The second-order valence-electron chi connectivity index (χ2n) is 3.87. The monoisotopic (exact) mass is 250 g/mol. The summed E-state index contributed by atoms with van der Waals surface area (Å²) in [6.45, 7) is 5.73. The third kappa shape index (κ3) is 2.65. The Bertz CT molecular complexity index is 507.